The fourth-order valence-corrected chi connectivity index (χ4v) is 6.17. The molecule has 2 N–H and O–H groups in total. The molecule has 208 valence electrons. The summed E-state index contributed by atoms with van der Waals surface area (Å²) in [7, 11) is 0. The van der Waals surface area contributed by atoms with Crippen molar-refractivity contribution in [3.05, 3.63) is 131 Å². The van der Waals surface area contributed by atoms with E-state index in [0.29, 0.717) is 17.7 Å². The van der Waals surface area contributed by atoms with Crippen LogP contribution < -0.4 is 10.2 Å². The lowest BCUT2D eigenvalue weighted by molar-refractivity contribution is -0.120. The van der Waals surface area contributed by atoms with Crippen molar-refractivity contribution >= 4 is 40.1 Å². The molecule has 0 spiro atoms. The Hall–Kier alpha value is -5.24. The predicted molar refractivity (Wildman–Crippen MR) is 159 cm³/mol. The fourth-order valence-electron chi connectivity index (χ4n) is 6.17. The number of hydrogen-bond acceptors (Lipinski definition) is 3. The minimum absolute atomic E-state index is 0.209. The maximum Gasteiger partial charge on any atom is 0.332 e. The first kappa shape index (κ1) is 25.7. The van der Waals surface area contributed by atoms with Crippen LogP contribution in [0.4, 0.5) is 20.6 Å². The number of para-hydroxylation sites is 2. The van der Waals surface area contributed by atoms with Gasteiger partial charge in [0.1, 0.15) is 17.9 Å². The topological polar surface area (TPSA) is 85.5 Å². The van der Waals surface area contributed by atoms with Gasteiger partial charge in [-0.2, -0.15) is 0 Å². The SMILES string of the molecule is CCc1ccc(NC(=O)c2ccccc2N2C(=O)[C@@H]3Cc4c([nH]c5ccccc45)[C@H](c4ccc(F)cc4)N3C2=O)cc1. The number of nitrogens with zero attached hydrogens (tertiary/aromatic N) is 2. The van der Waals surface area contributed by atoms with E-state index in [1.165, 1.54) is 12.1 Å². The largest absolute Gasteiger partial charge is 0.356 e. The van der Waals surface area contributed by atoms with Gasteiger partial charge in [-0.1, -0.05) is 61.5 Å². The van der Waals surface area contributed by atoms with E-state index in [0.717, 1.165) is 39.0 Å². The summed E-state index contributed by atoms with van der Waals surface area (Å²) in [4.78, 5) is 48.0. The van der Waals surface area contributed by atoms with Crippen molar-refractivity contribution in [2.45, 2.75) is 31.8 Å². The van der Waals surface area contributed by atoms with Gasteiger partial charge in [0.15, 0.2) is 0 Å². The lowest BCUT2D eigenvalue weighted by Crippen LogP contribution is -2.44. The lowest BCUT2D eigenvalue weighted by Gasteiger charge is -2.36. The van der Waals surface area contributed by atoms with Crippen LogP contribution in [0.25, 0.3) is 10.9 Å². The van der Waals surface area contributed by atoms with Crippen LogP contribution in [0.15, 0.2) is 97.1 Å². The molecular weight excluding hydrogens is 531 g/mol. The van der Waals surface area contributed by atoms with Crippen LogP contribution in [0.1, 0.15) is 45.7 Å². The second-order valence-corrected chi connectivity index (χ2v) is 10.6. The number of aromatic amines is 1. The number of imide groups is 1. The van der Waals surface area contributed by atoms with Gasteiger partial charge in [0.25, 0.3) is 11.8 Å². The van der Waals surface area contributed by atoms with Crippen LogP contribution in [0.3, 0.4) is 0 Å². The Balaban J connectivity index is 1.29. The first-order chi connectivity index (χ1) is 20.4. The molecule has 7 rings (SSSR count). The number of carbonyl (C=O) groups is 3. The van der Waals surface area contributed by atoms with Crippen LogP contribution in [0.2, 0.25) is 0 Å². The van der Waals surface area contributed by atoms with Crippen molar-refractivity contribution in [2.24, 2.45) is 0 Å². The number of aromatic nitrogens is 1. The zero-order valence-corrected chi connectivity index (χ0v) is 22.8. The third-order valence-corrected chi connectivity index (χ3v) is 8.24. The maximum absolute atomic E-state index is 14.2. The van der Waals surface area contributed by atoms with E-state index in [2.05, 4.69) is 17.2 Å². The van der Waals surface area contributed by atoms with Crippen LogP contribution in [0.5, 0.6) is 0 Å². The number of hydrogen-bond donors (Lipinski definition) is 2. The number of carbonyl (C=O) groups excluding carboxylic acids is 3. The van der Waals surface area contributed by atoms with E-state index >= 15 is 0 Å². The molecule has 1 saturated heterocycles. The molecule has 2 atom stereocenters. The molecule has 3 heterocycles. The summed E-state index contributed by atoms with van der Waals surface area (Å²) in [5.41, 5.74) is 5.52. The molecule has 5 aromatic rings. The fraction of sp³-hybridized carbons (Fsp3) is 0.147. The zero-order chi connectivity index (χ0) is 29.0. The number of fused-ring (bicyclic) bond motifs is 4. The number of rotatable bonds is 5. The van der Waals surface area contributed by atoms with Crippen molar-refractivity contribution in [1.82, 2.24) is 9.88 Å². The number of anilines is 2. The summed E-state index contributed by atoms with van der Waals surface area (Å²) in [6, 6.07) is 26.0. The lowest BCUT2D eigenvalue weighted by atomic mass is 9.89. The predicted octanol–water partition coefficient (Wildman–Crippen LogP) is 6.60. The highest BCUT2D eigenvalue weighted by molar-refractivity contribution is 6.24. The van der Waals surface area contributed by atoms with Gasteiger partial charge in [0.2, 0.25) is 0 Å². The van der Waals surface area contributed by atoms with Crippen LogP contribution in [-0.2, 0) is 17.6 Å². The number of halogens is 1. The third kappa shape index (κ3) is 4.06. The summed E-state index contributed by atoms with van der Waals surface area (Å²) in [5, 5.41) is 3.87. The van der Waals surface area contributed by atoms with Crippen molar-refractivity contribution in [1.29, 1.82) is 0 Å². The first-order valence-electron chi connectivity index (χ1n) is 13.9. The molecule has 0 radical (unpaired) electrons. The van der Waals surface area contributed by atoms with Crippen LogP contribution in [-0.4, -0.2) is 33.8 Å². The van der Waals surface area contributed by atoms with Crippen LogP contribution >= 0.6 is 0 Å². The Labute approximate surface area is 241 Å². The molecule has 42 heavy (non-hydrogen) atoms. The summed E-state index contributed by atoms with van der Waals surface area (Å²) in [6.07, 6.45) is 1.20. The summed E-state index contributed by atoms with van der Waals surface area (Å²) in [5.74, 6) is -1.22. The number of H-pyrrole nitrogens is 1. The van der Waals surface area contributed by atoms with E-state index < -0.39 is 35.7 Å². The van der Waals surface area contributed by atoms with Gasteiger partial charge in [0.05, 0.1) is 11.3 Å². The van der Waals surface area contributed by atoms with Gasteiger partial charge >= 0.3 is 6.03 Å². The molecule has 2 aliphatic rings. The van der Waals surface area contributed by atoms with Crippen molar-refractivity contribution < 1.29 is 18.8 Å². The highest BCUT2D eigenvalue weighted by Crippen LogP contribution is 2.45. The van der Waals surface area contributed by atoms with E-state index in [1.54, 1.807) is 41.3 Å². The molecule has 1 aromatic heterocycles. The molecule has 4 aromatic carbocycles. The van der Waals surface area contributed by atoms with Crippen LogP contribution in [0, 0.1) is 5.82 Å². The quantitative estimate of drug-likeness (QED) is 0.238. The average molecular weight is 559 g/mol. The molecule has 7 nitrogen and oxygen atoms in total. The van der Waals surface area contributed by atoms with E-state index in [9.17, 15) is 18.8 Å². The van der Waals surface area contributed by atoms with Gasteiger partial charge in [-0.3, -0.25) is 14.5 Å². The summed E-state index contributed by atoms with van der Waals surface area (Å²) in [6.45, 7) is 2.06. The Morgan fingerprint density at radius 2 is 1.64 bits per heavy atom. The van der Waals surface area contributed by atoms with Gasteiger partial charge in [0, 0.05) is 28.7 Å². The Bertz CT molecular complexity index is 1860. The normalized spacial score (nSPS) is 17.9. The molecule has 0 saturated carbocycles. The molecule has 0 unspecified atom stereocenters. The molecule has 2 aliphatic heterocycles. The first-order valence-corrected chi connectivity index (χ1v) is 13.9. The van der Waals surface area contributed by atoms with Gasteiger partial charge < -0.3 is 10.3 Å². The summed E-state index contributed by atoms with van der Waals surface area (Å²) >= 11 is 0. The van der Waals surface area contributed by atoms with E-state index in [1.807, 2.05) is 48.5 Å². The monoisotopic (exact) mass is 558 g/mol. The zero-order valence-electron chi connectivity index (χ0n) is 22.8. The van der Waals surface area contributed by atoms with E-state index in [-0.39, 0.29) is 11.3 Å². The molecule has 0 aliphatic carbocycles. The molecule has 1 fully saturated rings. The summed E-state index contributed by atoms with van der Waals surface area (Å²) < 4.78 is 13.9. The van der Waals surface area contributed by atoms with Crippen molar-refractivity contribution in [3.63, 3.8) is 0 Å². The molecule has 0 bridgehead atoms. The van der Waals surface area contributed by atoms with Gasteiger partial charge in [-0.15, -0.1) is 0 Å². The van der Waals surface area contributed by atoms with Crippen molar-refractivity contribution in [2.75, 3.05) is 10.2 Å². The Morgan fingerprint density at radius 3 is 2.40 bits per heavy atom. The minimum atomic E-state index is -0.794. The minimum Gasteiger partial charge on any atom is -0.356 e. The average Bonchev–Trinajstić information content (AvgIpc) is 3.51. The highest BCUT2D eigenvalue weighted by atomic mass is 19.1. The molecular formula is C34H27FN4O3. The smallest absolute Gasteiger partial charge is 0.332 e. The second kappa shape index (κ2) is 9.99. The van der Waals surface area contributed by atoms with E-state index in [4.69, 9.17) is 0 Å². The number of amides is 4. The van der Waals surface area contributed by atoms with Gasteiger partial charge in [-0.05, 0) is 65.6 Å². The number of urea groups is 1. The molecule has 8 heteroatoms. The maximum atomic E-state index is 14.2. The second-order valence-electron chi connectivity index (χ2n) is 10.6. The third-order valence-electron chi connectivity index (χ3n) is 8.24. The Kier molecular flexibility index (Phi) is 6.12. The standard InChI is InChI=1S/C34H27FN4O3/c1-2-20-11-17-23(18-12-20)36-32(40)25-8-4-6-10-28(25)39-33(41)29-19-26-24-7-3-5-9-27(24)37-30(26)31(38(29)34(39)42)21-13-15-22(35)16-14-21/h3-18,29,31,37H,2,19H2,1H3,(H,36,40)/t29-,31-/m0/s1. The number of nitrogens with one attached hydrogen (secondary N) is 2. The highest BCUT2D eigenvalue weighted by Gasteiger charge is 2.53. The Morgan fingerprint density at radius 1 is 0.929 bits per heavy atom. The number of benzene rings is 4. The van der Waals surface area contributed by atoms with Gasteiger partial charge in [-0.25, -0.2) is 14.1 Å². The molecule has 4 amide bonds. The number of aryl methyl sites for hydroxylation is 1. The van der Waals surface area contributed by atoms with Crippen molar-refractivity contribution in [3.8, 4) is 0 Å².